The molecular formula is C34H42Cl2N3O3S+. The molecule has 9 heteroatoms. The number of amides is 1. The number of nitrogens with zero attached hydrogens (tertiary/aromatic N) is 2. The number of sulfonamides is 1. The number of nitrogens with one attached hydrogen (secondary N) is 1. The molecule has 3 aromatic rings. The third-order valence-corrected chi connectivity index (χ3v) is 12.0. The van der Waals surface area contributed by atoms with E-state index in [1.54, 1.807) is 6.07 Å². The van der Waals surface area contributed by atoms with E-state index in [1.807, 2.05) is 68.1 Å². The van der Waals surface area contributed by atoms with Crippen LogP contribution < -0.4 is 9.21 Å². The number of aryl methyl sites for hydroxylation is 2. The highest BCUT2D eigenvalue weighted by Crippen LogP contribution is 2.51. The van der Waals surface area contributed by atoms with Gasteiger partial charge in [0.15, 0.2) is 5.69 Å². The molecule has 3 aromatic carbocycles. The Morgan fingerprint density at radius 1 is 1.00 bits per heavy atom. The summed E-state index contributed by atoms with van der Waals surface area (Å²) in [6.07, 6.45) is 3.73. The molecule has 2 heterocycles. The van der Waals surface area contributed by atoms with Gasteiger partial charge in [0.05, 0.1) is 28.3 Å². The lowest BCUT2D eigenvalue weighted by Gasteiger charge is -2.38. The first kappa shape index (κ1) is 32.0. The lowest BCUT2D eigenvalue weighted by Crippen LogP contribution is -2.57. The van der Waals surface area contributed by atoms with Crippen molar-refractivity contribution >= 4 is 44.8 Å². The Balaban J connectivity index is 1.52. The maximum absolute atomic E-state index is 13.9. The summed E-state index contributed by atoms with van der Waals surface area (Å²) in [6.45, 7) is 9.59. The predicted octanol–water partition coefficient (Wildman–Crippen LogP) is 6.85. The standard InChI is InChI=1S/C34H42Cl2N3O3S/c1-5-38(33(40)28-19-24(2)18-25(3)20-28)22-27(26-10-11-30(35)31(36)21-26)12-17-39(43(4,41)42)23-34(13-15-37-16-14-34)29-8-6-7-9-32(29)39/h6-11,18-21,27,37H,5,12-17,22-23H2,1-4H3/q+1/t27-,39?/m1/s1. The average molecular weight is 644 g/mol. The maximum atomic E-state index is 13.9. The second-order valence-corrected chi connectivity index (χ2v) is 15.4. The van der Waals surface area contributed by atoms with Gasteiger partial charge in [-0.25, -0.2) is 0 Å². The summed E-state index contributed by atoms with van der Waals surface area (Å²) in [7, 11) is -3.56. The van der Waals surface area contributed by atoms with Gasteiger partial charge in [-0.1, -0.05) is 64.7 Å². The molecule has 2 atom stereocenters. The summed E-state index contributed by atoms with van der Waals surface area (Å²) >= 11 is 12.8. The Hall–Kier alpha value is -2.42. The van der Waals surface area contributed by atoms with Crippen LogP contribution in [-0.2, 0) is 15.4 Å². The minimum absolute atomic E-state index is 0.0356. The lowest BCUT2D eigenvalue weighted by molar-refractivity contribution is 0.0751. The fourth-order valence-corrected chi connectivity index (χ4v) is 9.07. The Bertz CT molecular complexity index is 1600. The minimum Gasteiger partial charge on any atom is -0.338 e. The molecule has 0 aliphatic carbocycles. The number of carbonyl (C=O) groups excluding carboxylic acids is 1. The van der Waals surface area contributed by atoms with E-state index in [2.05, 4.69) is 17.4 Å². The third kappa shape index (κ3) is 6.25. The summed E-state index contributed by atoms with van der Waals surface area (Å²) in [4.78, 5) is 15.6. The fourth-order valence-electron chi connectivity index (χ4n) is 7.33. The van der Waals surface area contributed by atoms with Gasteiger partial charge in [-0.2, -0.15) is 12.3 Å². The zero-order chi connectivity index (χ0) is 31.0. The second-order valence-electron chi connectivity index (χ2n) is 12.4. The quantitative estimate of drug-likeness (QED) is 0.259. The van der Waals surface area contributed by atoms with Crippen LogP contribution in [0, 0.1) is 13.8 Å². The highest BCUT2D eigenvalue weighted by atomic mass is 35.5. The van der Waals surface area contributed by atoms with Crippen molar-refractivity contribution in [3.63, 3.8) is 0 Å². The summed E-state index contributed by atoms with van der Waals surface area (Å²) in [6, 6.07) is 19.6. The molecule has 2 aliphatic heterocycles. The Labute approximate surface area is 266 Å². The predicted molar refractivity (Wildman–Crippen MR) is 178 cm³/mol. The van der Waals surface area contributed by atoms with Crippen molar-refractivity contribution in [2.45, 2.75) is 51.4 Å². The number of benzene rings is 3. The molecule has 230 valence electrons. The van der Waals surface area contributed by atoms with Gasteiger partial charge < -0.3 is 10.2 Å². The van der Waals surface area contributed by atoms with Gasteiger partial charge in [-0.15, -0.1) is 0 Å². The lowest BCUT2D eigenvalue weighted by atomic mass is 9.75. The van der Waals surface area contributed by atoms with Crippen LogP contribution >= 0.6 is 23.2 Å². The number of hydrogen-bond acceptors (Lipinski definition) is 4. The van der Waals surface area contributed by atoms with Crippen LogP contribution in [0.5, 0.6) is 0 Å². The highest BCUT2D eigenvalue weighted by molar-refractivity contribution is 7.90. The molecular weight excluding hydrogens is 601 g/mol. The van der Waals surface area contributed by atoms with E-state index in [-0.39, 0.29) is 21.1 Å². The monoisotopic (exact) mass is 642 g/mol. The number of piperidine rings is 1. The Morgan fingerprint density at radius 2 is 1.67 bits per heavy atom. The molecule has 1 fully saturated rings. The number of quaternary nitrogens is 1. The first-order valence-corrected chi connectivity index (χ1v) is 17.7. The smallest absolute Gasteiger partial charge is 0.298 e. The molecule has 2 aliphatic rings. The third-order valence-electron chi connectivity index (χ3n) is 9.50. The van der Waals surface area contributed by atoms with E-state index in [4.69, 9.17) is 23.2 Å². The first-order valence-electron chi connectivity index (χ1n) is 15.1. The number of likely N-dealkylation sites (N-methyl/N-ethyl adjacent to an activating group) is 1. The summed E-state index contributed by atoms with van der Waals surface area (Å²) in [5.41, 5.74) is 5.55. The summed E-state index contributed by atoms with van der Waals surface area (Å²) in [5, 5.41) is 4.36. The van der Waals surface area contributed by atoms with Gasteiger partial charge in [0, 0.05) is 42.6 Å². The Morgan fingerprint density at radius 3 is 2.30 bits per heavy atom. The van der Waals surface area contributed by atoms with Crippen molar-refractivity contribution in [3.05, 3.63) is 98.5 Å². The maximum Gasteiger partial charge on any atom is 0.298 e. The number of fused-ring (bicyclic) bond motifs is 2. The molecule has 1 N–H and O–H groups in total. The van der Waals surface area contributed by atoms with Crippen LogP contribution in [0.3, 0.4) is 0 Å². The number of para-hydroxylation sites is 1. The summed E-state index contributed by atoms with van der Waals surface area (Å²) < 4.78 is 27.7. The van der Waals surface area contributed by atoms with Crippen molar-refractivity contribution in [1.82, 2.24) is 14.1 Å². The average Bonchev–Trinajstić information content (AvgIpc) is 3.24. The van der Waals surface area contributed by atoms with Crippen molar-refractivity contribution in [2.75, 3.05) is 45.5 Å². The molecule has 1 unspecified atom stereocenters. The Kier molecular flexibility index (Phi) is 9.32. The van der Waals surface area contributed by atoms with E-state index in [9.17, 15) is 13.2 Å². The van der Waals surface area contributed by atoms with Crippen LogP contribution in [0.2, 0.25) is 10.0 Å². The van der Waals surface area contributed by atoms with E-state index >= 15 is 0 Å². The van der Waals surface area contributed by atoms with Gasteiger partial charge in [0.2, 0.25) is 0 Å². The van der Waals surface area contributed by atoms with Crippen LogP contribution in [0.15, 0.2) is 60.7 Å². The molecule has 43 heavy (non-hydrogen) atoms. The minimum atomic E-state index is -3.56. The van der Waals surface area contributed by atoms with Gasteiger partial charge in [-0.3, -0.25) is 4.79 Å². The zero-order valence-electron chi connectivity index (χ0n) is 25.5. The topological polar surface area (TPSA) is 66.5 Å². The van der Waals surface area contributed by atoms with Crippen LogP contribution in [0.4, 0.5) is 5.69 Å². The fraction of sp³-hybridized carbons (Fsp3) is 0.441. The van der Waals surface area contributed by atoms with Crippen LogP contribution in [-0.4, -0.2) is 64.7 Å². The SMILES string of the molecule is CCN(C[C@@H](CC[N+]1(S(C)(=O)=O)CC2(CCNCC2)c2ccccc21)c1ccc(Cl)c(Cl)c1)C(=O)c1cc(C)cc(C)c1. The number of halogens is 2. The van der Waals surface area contributed by atoms with E-state index in [1.165, 1.54) is 6.26 Å². The molecule has 6 nitrogen and oxygen atoms in total. The van der Waals surface area contributed by atoms with Gasteiger partial charge in [0.25, 0.3) is 15.9 Å². The second kappa shape index (κ2) is 12.5. The van der Waals surface area contributed by atoms with E-state index < -0.39 is 10.0 Å². The molecule has 1 amide bonds. The first-order chi connectivity index (χ1) is 20.4. The van der Waals surface area contributed by atoms with Crippen molar-refractivity contribution < 1.29 is 13.2 Å². The number of rotatable bonds is 9. The molecule has 1 spiro atoms. The van der Waals surface area contributed by atoms with Crippen LogP contribution in [0.1, 0.15) is 64.7 Å². The van der Waals surface area contributed by atoms with Gasteiger partial charge in [-0.05, 0) is 76.5 Å². The summed E-state index contributed by atoms with van der Waals surface area (Å²) in [5.74, 6) is -0.190. The largest absolute Gasteiger partial charge is 0.338 e. The molecule has 0 bridgehead atoms. The highest BCUT2D eigenvalue weighted by Gasteiger charge is 2.58. The zero-order valence-corrected chi connectivity index (χ0v) is 27.8. The van der Waals surface area contributed by atoms with Crippen LogP contribution in [0.25, 0.3) is 0 Å². The van der Waals surface area contributed by atoms with Crippen molar-refractivity contribution in [2.24, 2.45) is 0 Å². The van der Waals surface area contributed by atoms with Gasteiger partial charge in [0.1, 0.15) is 6.54 Å². The number of hydrogen-bond donors (Lipinski definition) is 1. The van der Waals surface area contributed by atoms with E-state index in [0.717, 1.165) is 53.9 Å². The molecule has 0 saturated carbocycles. The molecule has 5 rings (SSSR count). The van der Waals surface area contributed by atoms with Crippen molar-refractivity contribution in [1.29, 1.82) is 0 Å². The number of carbonyl (C=O) groups is 1. The molecule has 0 radical (unpaired) electrons. The molecule has 0 aromatic heterocycles. The van der Waals surface area contributed by atoms with E-state index in [0.29, 0.717) is 48.2 Å². The van der Waals surface area contributed by atoms with Gasteiger partial charge >= 0.3 is 0 Å². The normalized spacial score (nSPS) is 20.1. The molecule has 1 saturated heterocycles. The van der Waals surface area contributed by atoms with Crippen molar-refractivity contribution in [3.8, 4) is 0 Å².